The fourth-order valence-corrected chi connectivity index (χ4v) is 4.03. The van der Waals surface area contributed by atoms with E-state index in [1.807, 2.05) is 19.1 Å². The number of rotatable bonds is 4. The molecule has 0 atom stereocenters. The molecule has 2 nitrogen and oxygen atoms in total. The topological polar surface area (TPSA) is 20.2 Å². The zero-order valence-electron chi connectivity index (χ0n) is 16.4. The zero-order chi connectivity index (χ0) is 19.7. The predicted octanol–water partition coefficient (Wildman–Crippen LogP) is 7.49. The molecule has 0 saturated heterocycles. The van der Waals surface area contributed by atoms with Crippen LogP contribution < -0.4 is 0 Å². The first-order chi connectivity index (χ1) is 13.7. The Balaban J connectivity index is 2.49. The van der Waals surface area contributed by atoms with Crippen LogP contribution in [0.15, 0.2) is 67.8 Å². The molecule has 1 N–H and O–H groups in total. The summed E-state index contributed by atoms with van der Waals surface area (Å²) in [6.45, 7) is 12.3. The van der Waals surface area contributed by atoms with E-state index in [1.165, 1.54) is 21.9 Å². The Hall–Kier alpha value is -3.52. The van der Waals surface area contributed by atoms with E-state index in [9.17, 15) is 0 Å². The fourth-order valence-electron chi connectivity index (χ4n) is 4.03. The lowest BCUT2D eigenvalue weighted by atomic mass is 10.0. The highest BCUT2D eigenvalue weighted by Gasteiger charge is 2.16. The lowest BCUT2D eigenvalue weighted by molar-refractivity contribution is 1.23. The molecule has 4 rings (SSSR count). The smallest absolute Gasteiger partial charge is 0.0697 e. The van der Waals surface area contributed by atoms with E-state index < -0.39 is 0 Å². The second-order valence-corrected chi connectivity index (χ2v) is 6.71. The summed E-state index contributed by atoms with van der Waals surface area (Å²) in [4.78, 5) is 3.60. The summed E-state index contributed by atoms with van der Waals surface area (Å²) < 4.78 is 2.32. The largest absolute Gasteiger partial charge is 0.353 e. The first-order valence-electron chi connectivity index (χ1n) is 9.53. The highest BCUT2D eigenvalue weighted by atomic mass is 14.9. The number of hydrogen-bond donors (Lipinski definition) is 1. The molecule has 2 aromatic heterocycles. The quantitative estimate of drug-likeness (QED) is 0.387. The third-order valence-electron chi connectivity index (χ3n) is 5.13. The standard InChI is InChI=1S/C26H24N2/c1-5-12-18-20-14-11-15-21-19(13-6-2)24(8-4)28(26(20)21)25-17-10-9-16-23(25)27-22(18)7-3/h5-17,27H,3-4H2,1-2H3/b12-5-,13-6-,22-18?. The van der Waals surface area contributed by atoms with Crippen LogP contribution in [0.5, 0.6) is 0 Å². The maximum Gasteiger partial charge on any atom is 0.0697 e. The van der Waals surface area contributed by atoms with Crippen molar-refractivity contribution >= 4 is 51.6 Å². The van der Waals surface area contributed by atoms with Crippen LogP contribution in [0.2, 0.25) is 0 Å². The van der Waals surface area contributed by atoms with Gasteiger partial charge in [0.25, 0.3) is 0 Å². The van der Waals surface area contributed by atoms with E-state index in [0.717, 1.165) is 28.0 Å². The molecule has 0 aliphatic rings. The van der Waals surface area contributed by atoms with Crippen molar-refractivity contribution in [3.63, 3.8) is 0 Å². The second-order valence-electron chi connectivity index (χ2n) is 6.71. The number of aromatic amines is 1. The summed E-state index contributed by atoms with van der Waals surface area (Å²) >= 11 is 0. The maximum atomic E-state index is 4.13. The molecule has 0 spiro atoms. The summed E-state index contributed by atoms with van der Waals surface area (Å²) in [5, 5.41) is 2.39. The molecular weight excluding hydrogens is 340 g/mol. The van der Waals surface area contributed by atoms with Crippen LogP contribution in [-0.4, -0.2) is 9.38 Å². The lowest BCUT2D eigenvalue weighted by Crippen LogP contribution is -1.95. The van der Waals surface area contributed by atoms with Gasteiger partial charge in [0.05, 0.1) is 22.2 Å². The van der Waals surface area contributed by atoms with Crippen molar-refractivity contribution in [2.24, 2.45) is 0 Å². The van der Waals surface area contributed by atoms with Crippen molar-refractivity contribution in [3.05, 3.63) is 90.3 Å². The van der Waals surface area contributed by atoms with Crippen LogP contribution in [0.1, 0.15) is 36.4 Å². The molecule has 0 aliphatic heterocycles. The second kappa shape index (κ2) is 7.24. The predicted molar refractivity (Wildman–Crippen MR) is 125 cm³/mol. The fraction of sp³-hybridized carbons (Fsp3) is 0.0769. The van der Waals surface area contributed by atoms with Gasteiger partial charge < -0.3 is 9.38 Å². The average molecular weight is 364 g/mol. The number of H-pyrrole nitrogens is 1. The Morgan fingerprint density at radius 2 is 1.50 bits per heavy atom. The van der Waals surface area contributed by atoms with Gasteiger partial charge in [-0.25, -0.2) is 0 Å². The van der Waals surface area contributed by atoms with Gasteiger partial charge in [-0.2, -0.15) is 0 Å². The summed E-state index contributed by atoms with van der Waals surface area (Å²) in [6.07, 6.45) is 12.3. The minimum Gasteiger partial charge on any atom is -0.353 e. The number of aromatic nitrogens is 2. The van der Waals surface area contributed by atoms with Gasteiger partial charge in [0.2, 0.25) is 0 Å². The van der Waals surface area contributed by atoms with Crippen molar-refractivity contribution < 1.29 is 0 Å². The summed E-state index contributed by atoms with van der Waals surface area (Å²) in [6, 6.07) is 14.9. The summed E-state index contributed by atoms with van der Waals surface area (Å²) in [5.41, 5.74) is 7.73. The lowest BCUT2D eigenvalue weighted by Gasteiger charge is -2.10. The summed E-state index contributed by atoms with van der Waals surface area (Å²) in [5.74, 6) is 0. The van der Waals surface area contributed by atoms with Crippen LogP contribution in [0.25, 0.3) is 51.6 Å². The van der Waals surface area contributed by atoms with Crippen LogP contribution in [0.4, 0.5) is 0 Å². The highest BCUT2D eigenvalue weighted by molar-refractivity contribution is 6.08. The van der Waals surface area contributed by atoms with Crippen LogP contribution in [0.3, 0.4) is 0 Å². The molecule has 0 unspecified atom stereocenters. The molecule has 2 heterocycles. The van der Waals surface area contributed by atoms with Gasteiger partial charge in [-0.05, 0) is 38.1 Å². The number of hydrogen-bond acceptors (Lipinski definition) is 0. The Morgan fingerprint density at radius 1 is 0.821 bits per heavy atom. The Bertz CT molecular complexity index is 1310. The van der Waals surface area contributed by atoms with Gasteiger partial charge in [0.15, 0.2) is 0 Å². The molecule has 0 saturated carbocycles. The Labute approximate surface area is 165 Å². The molecule has 2 aromatic carbocycles. The van der Waals surface area contributed by atoms with Crippen LogP contribution in [0, 0.1) is 0 Å². The van der Waals surface area contributed by atoms with E-state index in [0.29, 0.717) is 0 Å². The molecule has 138 valence electrons. The van der Waals surface area contributed by atoms with Crippen LogP contribution in [-0.2, 0) is 0 Å². The van der Waals surface area contributed by atoms with Crippen molar-refractivity contribution in [1.82, 2.24) is 9.38 Å². The van der Waals surface area contributed by atoms with Crippen molar-refractivity contribution in [2.45, 2.75) is 13.8 Å². The molecule has 0 radical (unpaired) electrons. The SMILES string of the molecule is C=Cc1[nH]c2ccccc2n2c(C=C)c(/C=C\C)c3cccc(c1/C=C\C)c32. The normalized spacial score (nSPS) is 11.9. The van der Waals surface area contributed by atoms with E-state index in [2.05, 4.69) is 96.2 Å². The van der Waals surface area contributed by atoms with Crippen LogP contribution >= 0.6 is 0 Å². The van der Waals surface area contributed by atoms with Gasteiger partial charge in [-0.15, -0.1) is 0 Å². The molecule has 0 bridgehead atoms. The monoisotopic (exact) mass is 364 g/mol. The van der Waals surface area contributed by atoms with Gasteiger partial charge >= 0.3 is 0 Å². The number of nitrogens with one attached hydrogen (secondary N) is 1. The first-order valence-corrected chi connectivity index (χ1v) is 9.53. The Morgan fingerprint density at radius 3 is 2.18 bits per heavy atom. The van der Waals surface area contributed by atoms with E-state index >= 15 is 0 Å². The third-order valence-corrected chi connectivity index (χ3v) is 5.13. The van der Waals surface area contributed by atoms with Crippen molar-refractivity contribution in [3.8, 4) is 0 Å². The van der Waals surface area contributed by atoms with Gasteiger partial charge in [-0.1, -0.05) is 67.8 Å². The highest BCUT2D eigenvalue weighted by Crippen LogP contribution is 2.35. The molecular formula is C26H24N2. The number of allylic oxidation sites excluding steroid dienone is 2. The number of benzene rings is 2. The van der Waals surface area contributed by atoms with Gasteiger partial charge in [0.1, 0.15) is 0 Å². The third kappa shape index (κ3) is 2.57. The zero-order valence-corrected chi connectivity index (χ0v) is 16.4. The maximum absolute atomic E-state index is 4.13. The van der Waals surface area contributed by atoms with Crippen molar-refractivity contribution in [1.29, 1.82) is 0 Å². The minimum absolute atomic E-state index is 0.998. The van der Waals surface area contributed by atoms with E-state index in [1.54, 1.807) is 0 Å². The van der Waals surface area contributed by atoms with Gasteiger partial charge in [-0.3, -0.25) is 0 Å². The van der Waals surface area contributed by atoms with Gasteiger partial charge in [0, 0.05) is 27.6 Å². The van der Waals surface area contributed by atoms with E-state index in [4.69, 9.17) is 0 Å². The molecule has 4 aromatic rings. The number of nitrogens with zero attached hydrogens (tertiary/aromatic N) is 1. The van der Waals surface area contributed by atoms with Crippen molar-refractivity contribution in [2.75, 3.05) is 0 Å². The Kier molecular flexibility index (Phi) is 4.62. The molecule has 2 heteroatoms. The molecule has 0 fully saturated rings. The van der Waals surface area contributed by atoms with E-state index in [-0.39, 0.29) is 0 Å². The molecule has 28 heavy (non-hydrogen) atoms. The number of fused-ring (bicyclic) bond motifs is 2. The average Bonchev–Trinajstić information content (AvgIpc) is 3.03. The molecule has 0 aliphatic carbocycles. The number of para-hydroxylation sites is 3. The first kappa shape index (κ1) is 17.9. The minimum atomic E-state index is 0.998. The summed E-state index contributed by atoms with van der Waals surface area (Å²) in [7, 11) is 0. The molecule has 0 amide bonds.